The fraction of sp³-hybridized carbons (Fsp3) is 0.478. The van der Waals surface area contributed by atoms with Crippen LogP contribution < -0.4 is 4.90 Å². The topological polar surface area (TPSA) is 65.6 Å². The third-order valence-electron chi connectivity index (χ3n) is 7.00. The van der Waals surface area contributed by atoms with Crippen molar-refractivity contribution in [2.24, 2.45) is 0 Å². The zero-order chi connectivity index (χ0) is 22.7. The largest absolute Gasteiger partial charge is 0.507 e. The monoisotopic (exact) mass is 446 g/mol. The minimum atomic E-state index is -4.53. The van der Waals surface area contributed by atoms with Gasteiger partial charge >= 0.3 is 6.18 Å². The average Bonchev–Trinajstić information content (AvgIpc) is 3.16. The Kier molecular flexibility index (Phi) is 4.85. The maximum Gasteiger partial charge on any atom is 0.416 e. The fourth-order valence-corrected chi connectivity index (χ4v) is 5.11. The molecule has 1 N–H and O–H groups in total. The molecule has 2 fully saturated rings. The molecule has 0 bridgehead atoms. The lowest BCUT2D eigenvalue weighted by Crippen LogP contribution is -2.63. The molecule has 0 aliphatic carbocycles. The number of anilines is 1. The van der Waals surface area contributed by atoms with Crippen molar-refractivity contribution in [3.05, 3.63) is 35.4 Å². The Labute approximate surface area is 183 Å². The highest BCUT2D eigenvalue weighted by atomic mass is 19.4. The van der Waals surface area contributed by atoms with Crippen molar-refractivity contribution in [1.82, 2.24) is 14.9 Å². The van der Waals surface area contributed by atoms with Crippen molar-refractivity contribution in [3.8, 4) is 17.0 Å². The van der Waals surface area contributed by atoms with E-state index in [0.29, 0.717) is 28.5 Å². The van der Waals surface area contributed by atoms with Gasteiger partial charge in [0.05, 0.1) is 11.3 Å². The van der Waals surface area contributed by atoms with E-state index in [2.05, 4.69) is 26.7 Å². The molecule has 4 heterocycles. The number of hydrogen-bond acceptors (Lipinski definition) is 6. The first-order chi connectivity index (χ1) is 15.2. The molecule has 2 aromatic heterocycles. The number of aromatic hydroxyl groups is 1. The van der Waals surface area contributed by atoms with Gasteiger partial charge in [0, 0.05) is 30.7 Å². The van der Waals surface area contributed by atoms with Gasteiger partial charge in [-0.2, -0.15) is 18.2 Å². The highest BCUT2D eigenvalue weighted by Crippen LogP contribution is 2.41. The number of phenols is 1. The summed E-state index contributed by atoms with van der Waals surface area (Å²) < 4.78 is 45.0. The molecule has 3 aromatic rings. The maximum atomic E-state index is 13.0. The van der Waals surface area contributed by atoms with Crippen LogP contribution in [0.4, 0.5) is 19.2 Å². The van der Waals surface area contributed by atoms with Gasteiger partial charge in [-0.05, 0) is 62.6 Å². The molecular formula is C23H25F3N4O2. The zero-order valence-corrected chi connectivity index (χ0v) is 18.0. The minimum Gasteiger partial charge on any atom is -0.507 e. The highest BCUT2D eigenvalue weighted by molar-refractivity contribution is 5.78. The van der Waals surface area contributed by atoms with E-state index in [4.69, 9.17) is 4.42 Å². The summed E-state index contributed by atoms with van der Waals surface area (Å²) in [5, 5.41) is 10.3. The van der Waals surface area contributed by atoms with E-state index in [1.54, 1.807) is 12.1 Å². The number of fused-ring (bicyclic) bond motifs is 1. The molecule has 1 spiro atoms. The Hall–Kier alpha value is -2.81. The highest BCUT2D eigenvalue weighted by Gasteiger charge is 2.45. The van der Waals surface area contributed by atoms with Crippen LogP contribution in [0.15, 0.2) is 28.7 Å². The summed E-state index contributed by atoms with van der Waals surface area (Å²) in [5.74, 6) is -0.463. The van der Waals surface area contributed by atoms with E-state index in [9.17, 15) is 18.3 Å². The van der Waals surface area contributed by atoms with Crippen molar-refractivity contribution < 1.29 is 22.7 Å². The number of rotatable bonds is 3. The van der Waals surface area contributed by atoms with Crippen LogP contribution in [0.3, 0.4) is 0 Å². The molecule has 0 amide bonds. The predicted molar refractivity (Wildman–Crippen MR) is 115 cm³/mol. The van der Waals surface area contributed by atoms with Gasteiger partial charge in [0.15, 0.2) is 5.58 Å². The number of halogens is 3. The smallest absolute Gasteiger partial charge is 0.416 e. The SMILES string of the molecule is CCN1CCC12CCN(c1nc3nc(-c4c(C)cc(C(F)(F)F)cc4O)ccc3o1)CC2. The number of alkyl halides is 3. The van der Waals surface area contributed by atoms with Crippen molar-refractivity contribution in [3.63, 3.8) is 0 Å². The molecule has 9 heteroatoms. The summed E-state index contributed by atoms with van der Waals surface area (Å²) >= 11 is 0. The number of piperidine rings is 1. The number of likely N-dealkylation sites (tertiary alicyclic amines) is 1. The van der Waals surface area contributed by atoms with Gasteiger partial charge < -0.3 is 14.4 Å². The summed E-state index contributed by atoms with van der Waals surface area (Å²) in [5.41, 5.74) is 1.20. The van der Waals surface area contributed by atoms with E-state index >= 15 is 0 Å². The molecule has 0 saturated carbocycles. The van der Waals surface area contributed by atoms with Gasteiger partial charge in [-0.15, -0.1) is 0 Å². The third kappa shape index (κ3) is 3.39. The lowest BCUT2D eigenvalue weighted by molar-refractivity contribution is -0.137. The van der Waals surface area contributed by atoms with Gasteiger partial charge in [-0.3, -0.25) is 4.90 Å². The number of benzene rings is 1. The van der Waals surface area contributed by atoms with Crippen LogP contribution in [0.25, 0.3) is 22.5 Å². The van der Waals surface area contributed by atoms with Crippen LogP contribution >= 0.6 is 0 Å². The van der Waals surface area contributed by atoms with E-state index < -0.39 is 17.5 Å². The first kappa shape index (κ1) is 21.1. The van der Waals surface area contributed by atoms with Gasteiger partial charge in [-0.25, -0.2) is 4.98 Å². The van der Waals surface area contributed by atoms with Crippen LogP contribution in [-0.4, -0.2) is 51.7 Å². The first-order valence-electron chi connectivity index (χ1n) is 10.9. The summed E-state index contributed by atoms with van der Waals surface area (Å²) in [6.45, 7) is 7.68. The van der Waals surface area contributed by atoms with Gasteiger partial charge in [0.2, 0.25) is 5.65 Å². The quantitative estimate of drug-likeness (QED) is 0.612. The average molecular weight is 446 g/mol. The summed E-state index contributed by atoms with van der Waals surface area (Å²) in [6, 6.07) is 5.58. The summed E-state index contributed by atoms with van der Waals surface area (Å²) in [4.78, 5) is 13.7. The summed E-state index contributed by atoms with van der Waals surface area (Å²) in [6.07, 6.45) is -1.16. The van der Waals surface area contributed by atoms with Gasteiger partial charge in [0.1, 0.15) is 5.75 Å². The van der Waals surface area contributed by atoms with E-state index in [-0.39, 0.29) is 11.1 Å². The second-order valence-electron chi connectivity index (χ2n) is 8.74. The second-order valence-corrected chi connectivity index (χ2v) is 8.74. The van der Waals surface area contributed by atoms with Crippen LogP contribution in [0.2, 0.25) is 0 Å². The molecule has 5 rings (SSSR count). The lowest BCUT2D eigenvalue weighted by Gasteiger charge is -2.56. The van der Waals surface area contributed by atoms with E-state index in [0.717, 1.165) is 44.6 Å². The molecule has 2 saturated heterocycles. The number of nitrogens with zero attached hydrogens (tertiary/aromatic N) is 4. The number of aryl methyl sites for hydroxylation is 1. The zero-order valence-electron chi connectivity index (χ0n) is 18.0. The number of pyridine rings is 1. The molecule has 1 aromatic carbocycles. The Bertz CT molecular complexity index is 1140. The Balaban J connectivity index is 1.41. The Morgan fingerprint density at radius 1 is 1.09 bits per heavy atom. The van der Waals surface area contributed by atoms with Crippen LogP contribution in [0.5, 0.6) is 5.75 Å². The number of hydrogen-bond donors (Lipinski definition) is 1. The van der Waals surface area contributed by atoms with E-state index in [1.165, 1.54) is 19.9 Å². The predicted octanol–water partition coefficient (Wildman–Crippen LogP) is 4.99. The number of aromatic nitrogens is 2. The molecule has 0 radical (unpaired) electrons. The van der Waals surface area contributed by atoms with Gasteiger partial charge in [0.25, 0.3) is 6.01 Å². The molecule has 2 aliphatic heterocycles. The van der Waals surface area contributed by atoms with Crippen LogP contribution in [0, 0.1) is 6.92 Å². The lowest BCUT2D eigenvalue weighted by atomic mass is 9.76. The second kappa shape index (κ2) is 7.37. The Morgan fingerprint density at radius 2 is 1.81 bits per heavy atom. The van der Waals surface area contributed by atoms with Crippen LogP contribution in [0.1, 0.15) is 37.3 Å². The fourth-order valence-electron chi connectivity index (χ4n) is 5.11. The molecule has 32 heavy (non-hydrogen) atoms. The molecule has 6 nitrogen and oxygen atoms in total. The molecule has 2 aliphatic rings. The van der Waals surface area contributed by atoms with Crippen LogP contribution in [-0.2, 0) is 6.18 Å². The standard InChI is InChI=1S/C23H25F3N4O2/c1-3-30-11-8-22(30)6-9-29(10-7-22)21-28-20-18(32-21)5-4-16(27-20)19-14(2)12-15(13-17(19)31)23(24,25)26/h4-5,12-13,31H,3,6-11H2,1-2H3. The van der Waals surface area contributed by atoms with E-state index in [1.807, 2.05) is 0 Å². The number of oxazole rings is 1. The van der Waals surface area contributed by atoms with Crippen molar-refractivity contribution in [2.45, 2.75) is 44.8 Å². The molecule has 170 valence electrons. The van der Waals surface area contributed by atoms with Crippen molar-refractivity contribution in [2.75, 3.05) is 31.1 Å². The van der Waals surface area contributed by atoms with Gasteiger partial charge in [-0.1, -0.05) is 6.92 Å². The molecule has 0 unspecified atom stereocenters. The molecular weight excluding hydrogens is 421 g/mol. The minimum absolute atomic E-state index is 0.258. The number of phenolic OH excluding ortho intramolecular Hbond substituents is 1. The third-order valence-corrected chi connectivity index (χ3v) is 7.00. The Morgan fingerprint density at radius 3 is 2.41 bits per heavy atom. The maximum absolute atomic E-state index is 13.0. The molecule has 0 atom stereocenters. The normalized spacial score (nSPS) is 19.0. The first-order valence-corrected chi connectivity index (χ1v) is 10.9. The van der Waals surface area contributed by atoms with Crippen molar-refractivity contribution >= 4 is 17.2 Å². The van der Waals surface area contributed by atoms with Crippen molar-refractivity contribution in [1.29, 1.82) is 0 Å². The summed E-state index contributed by atoms with van der Waals surface area (Å²) in [7, 11) is 0.